The number of Topliss-reactive ketones (excluding diaryl/α,β-unsaturated/α-hetero) is 2. The monoisotopic (exact) mass is 316 g/mol. The molecule has 0 N–H and O–H groups in total. The molecule has 4 rings (SSSR count). The van der Waals surface area contributed by atoms with Crippen LogP contribution in [0.3, 0.4) is 0 Å². The number of hydrogen-bond donors (Lipinski definition) is 0. The summed E-state index contributed by atoms with van der Waals surface area (Å²) in [7, 11) is 0. The number of carbonyl (C=O) groups excluding carboxylic acids is 2. The minimum atomic E-state index is -0.0246. The van der Waals surface area contributed by atoms with E-state index in [9.17, 15) is 9.59 Å². The maximum absolute atomic E-state index is 12.6. The van der Waals surface area contributed by atoms with Crippen LogP contribution in [0.15, 0.2) is 0 Å². The molecular weight excluding hydrogens is 284 g/mol. The maximum atomic E-state index is 12.6. The van der Waals surface area contributed by atoms with E-state index in [0.717, 1.165) is 50.4 Å². The Balaban J connectivity index is 1.65. The summed E-state index contributed by atoms with van der Waals surface area (Å²) < 4.78 is 0. The van der Waals surface area contributed by atoms with E-state index in [1.807, 2.05) is 0 Å². The molecule has 0 spiro atoms. The second-order valence-electron chi connectivity index (χ2n) is 9.52. The minimum absolute atomic E-state index is 0.0246. The molecule has 4 fully saturated rings. The molecule has 23 heavy (non-hydrogen) atoms. The van der Waals surface area contributed by atoms with Crippen molar-refractivity contribution in [3.63, 3.8) is 0 Å². The summed E-state index contributed by atoms with van der Waals surface area (Å²) in [6.45, 7) is 4.78. The van der Waals surface area contributed by atoms with E-state index in [1.165, 1.54) is 32.1 Å². The van der Waals surface area contributed by atoms with Crippen molar-refractivity contribution in [3.8, 4) is 0 Å². The van der Waals surface area contributed by atoms with Crippen molar-refractivity contribution < 1.29 is 9.59 Å². The van der Waals surface area contributed by atoms with Crippen LogP contribution in [0.2, 0.25) is 0 Å². The molecule has 2 nitrogen and oxygen atoms in total. The van der Waals surface area contributed by atoms with Crippen LogP contribution in [0, 0.1) is 34.5 Å². The van der Waals surface area contributed by atoms with Crippen LogP contribution >= 0.6 is 0 Å². The predicted octanol–water partition coefficient (Wildman–Crippen LogP) is 4.95. The molecule has 4 aliphatic carbocycles. The fourth-order valence-corrected chi connectivity index (χ4v) is 7.27. The zero-order chi connectivity index (χ0) is 16.2. The SMILES string of the molecule is C[C@]12CCCC(=O)CC1CC[C@@H]1C2CC[C@]2(C)C(=O)CCCC12. The minimum Gasteiger partial charge on any atom is -0.300 e. The Labute approximate surface area is 140 Å². The van der Waals surface area contributed by atoms with Crippen LogP contribution in [-0.2, 0) is 9.59 Å². The van der Waals surface area contributed by atoms with Gasteiger partial charge in [0, 0.05) is 24.7 Å². The smallest absolute Gasteiger partial charge is 0.139 e. The van der Waals surface area contributed by atoms with Crippen LogP contribution in [0.25, 0.3) is 0 Å². The molecule has 4 aliphatic rings. The molecule has 0 saturated heterocycles. The quantitative estimate of drug-likeness (QED) is 0.634. The third-order valence-corrected chi connectivity index (χ3v) is 8.66. The first-order chi connectivity index (χ1) is 10.9. The first-order valence-corrected chi connectivity index (χ1v) is 10.00. The first kappa shape index (κ1) is 15.8. The van der Waals surface area contributed by atoms with Gasteiger partial charge < -0.3 is 0 Å². The molecule has 128 valence electrons. The van der Waals surface area contributed by atoms with Crippen molar-refractivity contribution >= 4 is 11.6 Å². The van der Waals surface area contributed by atoms with Gasteiger partial charge in [-0.25, -0.2) is 0 Å². The molecule has 0 aromatic rings. The summed E-state index contributed by atoms with van der Waals surface area (Å²) in [5.74, 6) is 3.80. The predicted molar refractivity (Wildman–Crippen MR) is 91.0 cm³/mol. The lowest BCUT2D eigenvalue weighted by Crippen LogP contribution is -2.55. The molecular formula is C21H32O2. The molecule has 0 aromatic heterocycles. The number of carbonyl (C=O) groups is 2. The first-order valence-electron chi connectivity index (χ1n) is 10.00. The summed E-state index contributed by atoms with van der Waals surface area (Å²) >= 11 is 0. The summed E-state index contributed by atoms with van der Waals surface area (Å²) in [6.07, 6.45) is 12.0. The van der Waals surface area contributed by atoms with E-state index in [-0.39, 0.29) is 5.41 Å². The van der Waals surface area contributed by atoms with E-state index in [1.54, 1.807) is 0 Å². The zero-order valence-corrected chi connectivity index (χ0v) is 14.9. The van der Waals surface area contributed by atoms with E-state index in [2.05, 4.69) is 13.8 Å². The highest BCUT2D eigenvalue weighted by atomic mass is 16.1. The Bertz CT molecular complexity index is 524. The molecule has 2 heteroatoms. The van der Waals surface area contributed by atoms with Crippen LogP contribution in [0.4, 0.5) is 0 Å². The Hall–Kier alpha value is -0.660. The molecule has 0 aromatic carbocycles. The standard InChI is InChI=1S/C21H32O2/c1-20-11-4-5-15(22)13-14(20)8-9-16-17-6-3-7-19(23)21(17,2)12-10-18(16)20/h14,16-18H,3-13H2,1-2H3/t14?,16-,17?,18?,20-,21-/m0/s1. The van der Waals surface area contributed by atoms with E-state index >= 15 is 0 Å². The highest BCUT2D eigenvalue weighted by molar-refractivity contribution is 5.85. The summed E-state index contributed by atoms with van der Waals surface area (Å²) in [5, 5.41) is 0. The van der Waals surface area contributed by atoms with Crippen molar-refractivity contribution in [1.29, 1.82) is 0 Å². The lowest BCUT2D eigenvalue weighted by Gasteiger charge is -2.60. The van der Waals surface area contributed by atoms with Crippen molar-refractivity contribution in [3.05, 3.63) is 0 Å². The Morgan fingerprint density at radius 3 is 2.52 bits per heavy atom. The number of rotatable bonds is 0. The highest BCUT2D eigenvalue weighted by Gasteiger charge is 2.58. The Kier molecular flexibility index (Phi) is 3.74. The zero-order valence-electron chi connectivity index (χ0n) is 14.9. The second kappa shape index (κ2) is 5.43. The van der Waals surface area contributed by atoms with E-state index in [0.29, 0.717) is 28.8 Å². The van der Waals surface area contributed by atoms with E-state index in [4.69, 9.17) is 0 Å². The fourth-order valence-electron chi connectivity index (χ4n) is 7.27. The van der Waals surface area contributed by atoms with Crippen LogP contribution in [-0.4, -0.2) is 11.6 Å². The lowest BCUT2D eigenvalue weighted by atomic mass is 9.44. The van der Waals surface area contributed by atoms with Crippen molar-refractivity contribution in [2.45, 2.75) is 84.5 Å². The molecule has 6 atom stereocenters. The van der Waals surface area contributed by atoms with Gasteiger partial charge in [0.15, 0.2) is 0 Å². The Morgan fingerprint density at radius 1 is 0.870 bits per heavy atom. The lowest BCUT2D eigenvalue weighted by molar-refractivity contribution is -0.152. The number of ketones is 2. The van der Waals surface area contributed by atoms with Crippen molar-refractivity contribution in [2.75, 3.05) is 0 Å². The number of fused-ring (bicyclic) bond motifs is 5. The van der Waals surface area contributed by atoms with Gasteiger partial charge in [-0.3, -0.25) is 9.59 Å². The van der Waals surface area contributed by atoms with Gasteiger partial charge >= 0.3 is 0 Å². The van der Waals surface area contributed by atoms with Crippen molar-refractivity contribution in [1.82, 2.24) is 0 Å². The van der Waals surface area contributed by atoms with Gasteiger partial charge in [0.1, 0.15) is 11.6 Å². The van der Waals surface area contributed by atoms with Gasteiger partial charge in [0.25, 0.3) is 0 Å². The third-order valence-electron chi connectivity index (χ3n) is 8.66. The topological polar surface area (TPSA) is 34.1 Å². The summed E-state index contributed by atoms with van der Waals surface area (Å²) in [4.78, 5) is 24.8. The normalized spacial score (nSPS) is 50.5. The van der Waals surface area contributed by atoms with Crippen molar-refractivity contribution in [2.24, 2.45) is 34.5 Å². The average Bonchev–Trinajstić information content (AvgIpc) is 2.66. The third kappa shape index (κ3) is 2.27. The van der Waals surface area contributed by atoms with Gasteiger partial charge in [-0.15, -0.1) is 0 Å². The van der Waals surface area contributed by atoms with Crippen LogP contribution in [0.1, 0.15) is 84.5 Å². The molecule has 0 heterocycles. The van der Waals surface area contributed by atoms with Gasteiger partial charge in [0.05, 0.1) is 0 Å². The van der Waals surface area contributed by atoms with Crippen LogP contribution < -0.4 is 0 Å². The maximum Gasteiger partial charge on any atom is 0.139 e. The average molecular weight is 316 g/mol. The molecule has 3 unspecified atom stereocenters. The van der Waals surface area contributed by atoms with Gasteiger partial charge in [-0.2, -0.15) is 0 Å². The number of hydrogen-bond acceptors (Lipinski definition) is 2. The largest absolute Gasteiger partial charge is 0.300 e. The molecule has 0 amide bonds. The Morgan fingerprint density at radius 2 is 1.70 bits per heavy atom. The fraction of sp³-hybridized carbons (Fsp3) is 0.905. The van der Waals surface area contributed by atoms with E-state index < -0.39 is 0 Å². The van der Waals surface area contributed by atoms with Gasteiger partial charge in [0.2, 0.25) is 0 Å². The molecule has 0 radical (unpaired) electrons. The summed E-state index contributed by atoms with van der Waals surface area (Å²) in [6, 6.07) is 0. The molecule has 4 saturated carbocycles. The second-order valence-corrected chi connectivity index (χ2v) is 9.52. The molecule has 0 bridgehead atoms. The van der Waals surface area contributed by atoms with Gasteiger partial charge in [-0.1, -0.05) is 13.8 Å². The highest BCUT2D eigenvalue weighted by Crippen LogP contribution is 2.64. The van der Waals surface area contributed by atoms with Gasteiger partial charge in [-0.05, 0) is 80.5 Å². The molecule has 0 aliphatic heterocycles. The summed E-state index contributed by atoms with van der Waals surface area (Å²) in [5.41, 5.74) is 0.333. The van der Waals surface area contributed by atoms with Crippen LogP contribution in [0.5, 0.6) is 0 Å².